The molecule has 158 valence electrons. The van der Waals surface area contributed by atoms with E-state index in [9.17, 15) is 13.6 Å². The van der Waals surface area contributed by atoms with E-state index < -0.39 is 12.5 Å². The Morgan fingerprint density at radius 3 is 2.71 bits per heavy atom. The van der Waals surface area contributed by atoms with E-state index in [0.717, 1.165) is 5.56 Å². The van der Waals surface area contributed by atoms with Gasteiger partial charge in [-0.05, 0) is 35.9 Å². The molecule has 0 aliphatic rings. The number of tetrazole rings is 1. The van der Waals surface area contributed by atoms with Crippen molar-refractivity contribution in [2.24, 2.45) is 0 Å². The molecule has 0 atom stereocenters. The third-order valence-electron chi connectivity index (χ3n) is 4.23. The molecule has 0 saturated carbocycles. The van der Waals surface area contributed by atoms with E-state index in [4.69, 9.17) is 0 Å². The summed E-state index contributed by atoms with van der Waals surface area (Å²) in [6, 6.07) is 15.5. The van der Waals surface area contributed by atoms with Crippen LogP contribution in [0.2, 0.25) is 0 Å². The first-order valence-corrected chi connectivity index (χ1v) is 9.21. The molecule has 0 fully saturated rings. The predicted octanol–water partition coefficient (Wildman–Crippen LogP) is 3.20. The summed E-state index contributed by atoms with van der Waals surface area (Å²) < 4.78 is 31.2. The van der Waals surface area contributed by atoms with Gasteiger partial charge in [0.15, 0.2) is 12.4 Å². The molecule has 2 aromatic carbocycles. The van der Waals surface area contributed by atoms with Crippen LogP contribution in [0.5, 0.6) is 5.75 Å². The number of ether oxygens (including phenoxy) is 1. The zero-order chi connectivity index (χ0) is 21.8. The van der Waals surface area contributed by atoms with Crippen molar-refractivity contribution < 1.29 is 18.3 Å². The number of alkyl halides is 2. The second kappa shape index (κ2) is 8.69. The number of aromatic nitrogens is 6. The van der Waals surface area contributed by atoms with E-state index in [2.05, 4.69) is 30.6 Å². The van der Waals surface area contributed by atoms with Crippen LogP contribution in [0, 0.1) is 6.92 Å². The predicted molar refractivity (Wildman–Crippen MR) is 107 cm³/mol. The molecule has 2 heterocycles. The first kappa shape index (κ1) is 20.1. The van der Waals surface area contributed by atoms with Crippen LogP contribution < -0.4 is 10.1 Å². The van der Waals surface area contributed by atoms with Gasteiger partial charge in [-0.15, -0.1) is 15.0 Å². The number of halogens is 2. The van der Waals surface area contributed by atoms with Gasteiger partial charge in [-0.1, -0.05) is 36.4 Å². The van der Waals surface area contributed by atoms with Crippen LogP contribution in [0.1, 0.15) is 16.1 Å². The quantitative estimate of drug-likeness (QED) is 0.488. The van der Waals surface area contributed by atoms with Crippen molar-refractivity contribution in [2.45, 2.75) is 20.2 Å². The summed E-state index contributed by atoms with van der Waals surface area (Å²) >= 11 is 0. The first-order valence-electron chi connectivity index (χ1n) is 9.21. The number of anilines is 1. The second-order valence-electron chi connectivity index (χ2n) is 6.57. The van der Waals surface area contributed by atoms with Crippen LogP contribution >= 0.6 is 0 Å². The molecular weight excluding hydrogens is 408 g/mol. The van der Waals surface area contributed by atoms with Crippen molar-refractivity contribution in [3.63, 3.8) is 0 Å². The van der Waals surface area contributed by atoms with Gasteiger partial charge in [-0.25, -0.2) is 4.68 Å². The van der Waals surface area contributed by atoms with Gasteiger partial charge in [0.05, 0.1) is 5.69 Å². The molecule has 9 nitrogen and oxygen atoms in total. The summed E-state index contributed by atoms with van der Waals surface area (Å²) in [5.41, 5.74) is 1.75. The number of hydrogen-bond acceptors (Lipinski definition) is 6. The van der Waals surface area contributed by atoms with Crippen LogP contribution in [0.15, 0.2) is 60.8 Å². The Morgan fingerprint density at radius 2 is 1.94 bits per heavy atom. The largest absolute Gasteiger partial charge is 0.433 e. The lowest BCUT2D eigenvalue weighted by Gasteiger charge is -2.12. The molecule has 0 aliphatic heterocycles. The molecule has 0 bridgehead atoms. The van der Waals surface area contributed by atoms with E-state index in [1.807, 2.05) is 30.3 Å². The maximum absolute atomic E-state index is 12.6. The van der Waals surface area contributed by atoms with E-state index >= 15 is 0 Å². The second-order valence-corrected chi connectivity index (χ2v) is 6.57. The highest BCUT2D eigenvalue weighted by molar-refractivity contribution is 6.03. The number of hydrogen-bond donors (Lipinski definition) is 1. The Kier molecular flexibility index (Phi) is 5.65. The first-order chi connectivity index (χ1) is 15.0. The summed E-state index contributed by atoms with van der Waals surface area (Å²) in [4.78, 5) is 13.9. The third-order valence-corrected chi connectivity index (χ3v) is 4.23. The fourth-order valence-corrected chi connectivity index (χ4v) is 2.81. The highest BCUT2D eigenvalue weighted by Crippen LogP contribution is 2.27. The molecule has 11 heteroatoms. The molecule has 0 spiro atoms. The number of amides is 1. The van der Waals surface area contributed by atoms with Gasteiger partial charge in [0.25, 0.3) is 5.91 Å². The fraction of sp³-hybridized carbons (Fsp3) is 0.150. The molecule has 4 aromatic rings. The zero-order valence-electron chi connectivity index (χ0n) is 16.3. The number of nitrogens with one attached hydrogen (secondary N) is 1. The van der Waals surface area contributed by atoms with Crippen LogP contribution in [-0.4, -0.2) is 42.5 Å². The molecular formula is C20H17F2N7O2. The molecule has 0 saturated heterocycles. The molecule has 0 radical (unpaired) electrons. The van der Waals surface area contributed by atoms with E-state index in [0.29, 0.717) is 11.4 Å². The number of benzene rings is 2. The van der Waals surface area contributed by atoms with Crippen molar-refractivity contribution in [1.82, 2.24) is 30.0 Å². The lowest BCUT2D eigenvalue weighted by Crippen LogP contribution is -2.16. The van der Waals surface area contributed by atoms with Gasteiger partial charge in [0.2, 0.25) is 5.82 Å². The molecule has 4 rings (SSSR count). The average molecular weight is 425 g/mol. The number of nitrogens with zero attached hydrogens (tertiary/aromatic N) is 6. The smallest absolute Gasteiger partial charge is 0.387 e. The Morgan fingerprint density at radius 1 is 1.13 bits per heavy atom. The standard InChI is InChI=1S/C20H17F2N7O2/c1-13-7-8-15(17(11-13)31-20(21)22)23-19(30)16-9-10-28(25-16)12-29-26-18(24-27-29)14-5-3-2-4-6-14/h2-11,20H,12H2,1H3,(H,23,30). The highest BCUT2D eigenvalue weighted by Gasteiger charge is 2.16. The Hall–Kier alpha value is -4.15. The Labute approximate surface area is 175 Å². The van der Waals surface area contributed by atoms with Crippen LogP contribution in [0.25, 0.3) is 11.4 Å². The molecule has 1 N–H and O–H groups in total. The molecule has 0 aliphatic carbocycles. The molecule has 1 amide bonds. The highest BCUT2D eigenvalue weighted by atomic mass is 19.3. The van der Waals surface area contributed by atoms with Crippen molar-refractivity contribution in [2.75, 3.05) is 5.32 Å². The van der Waals surface area contributed by atoms with Gasteiger partial charge in [0, 0.05) is 11.8 Å². The Balaban J connectivity index is 1.45. The van der Waals surface area contributed by atoms with Gasteiger partial charge in [-0.3, -0.25) is 4.79 Å². The maximum atomic E-state index is 12.6. The van der Waals surface area contributed by atoms with Crippen molar-refractivity contribution in [3.05, 3.63) is 72.1 Å². The zero-order valence-corrected chi connectivity index (χ0v) is 16.3. The fourth-order valence-electron chi connectivity index (χ4n) is 2.81. The molecule has 0 unspecified atom stereocenters. The number of carbonyl (C=O) groups is 1. The van der Waals surface area contributed by atoms with Crippen LogP contribution in [-0.2, 0) is 6.67 Å². The number of carbonyl (C=O) groups excluding carboxylic acids is 1. The summed E-state index contributed by atoms with van der Waals surface area (Å²) in [5, 5.41) is 19.0. The summed E-state index contributed by atoms with van der Waals surface area (Å²) in [5.74, 6) is -0.224. The number of rotatable bonds is 7. The molecule has 31 heavy (non-hydrogen) atoms. The van der Waals surface area contributed by atoms with Gasteiger partial charge >= 0.3 is 6.61 Å². The van der Waals surface area contributed by atoms with Crippen molar-refractivity contribution in [3.8, 4) is 17.1 Å². The van der Waals surface area contributed by atoms with E-state index in [-0.39, 0.29) is 23.8 Å². The number of aryl methyl sites for hydroxylation is 1. The average Bonchev–Trinajstić information content (AvgIpc) is 3.40. The van der Waals surface area contributed by atoms with Crippen molar-refractivity contribution >= 4 is 11.6 Å². The minimum Gasteiger partial charge on any atom is -0.433 e. The van der Waals surface area contributed by atoms with Gasteiger partial charge in [0.1, 0.15) is 5.75 Å². The van der Waals surface area contributed by atoms with E-state index in [1.165, 1.54) is 27.7 Å². The van der Waals surface area contributed by atoms with E-state index in [1.54, 1.807) is 19.2 Å². The van der Waals surface area contributed by atoms with Gasteiger partial charge in [-0.2, -0.15) is 13.9 Å². The lowest BCUT2D eigenvalue weighted by atomic mass is 10.2. The topological polar surface area (TPSA) is 99.8 Å². The van der Waals surface area contributed by atoms with Crippen molar-refractivity contribution in [1.29, 1.82) is 0 Å². The normalized spacial score (nSPS) is 11.0. The summed E-state index contributed by atoms with van der Waals surface area (Å²) in [6.07, 6.45) is 1.58. The maximum Gasteiger partial charge on any atom is 0.387 e. The minimum atomic E-state index is -3.01. The lowest BCUT2D eigenvalue weighted by molar-refractivity contribution is -0.0494. The third kappa shape index (κ3) is 4.89. The summed E-state index contributed by atoms with van der Waals surface area (Å²) in [6.45, 7) is -1.14. The summed E-state index contributed by atoms with van der Waals surface area (Å²) in [7, 11) is 0. The van der Waals surface area contributed by atoms with Crippen LogP contribution in [0.3, 0.4) is 0 Å². The van der Waals surface area contributed by atoms with Crippen LogP contribution in [0.4, 0.5) is 14.5 Å². The van der Waals surface area contributed by atoms with Gasteiger partial charge < -0.3 is 10.1 Å². The SMILES string of the molecule is Cc1ccc(NC(=O)c2ccn(Cn3nnc(-c4ccccc4)n3)n2)c(OC(F)F)c1. The Bertz CT molecular complexity index is 1190. The minimum absolute atomic E-state index is 0.0898. The molecule has 2 aromatic heterocycles. The monoisotopic (exact) mass is 425 g/mol.